The number of nitrogens with one attached hydrogen (secondary N) is 1. The van der Waals surface area contributed by atoms with Gasteiger partial charge >= 0.3 is 0 Å². The van der Waals surface area contributed by atoms with Gasteiger partial charge in [-0.15, -0.1) is 0 Å². The van der Waals surface area contributed by atoms with Gasteiger partial charge < -0.3 is 14.6 Å². The van der Waals surface area contributed by atoms with Crippen molar-refractivity contribution in [1.82, 2.24) is 15.5 Å². The van der Waals surface area contributed by atoms with Gasteiger partial charge in [0, 0.05) is 5.57 Å². The number of methoxy groups -OCH3 is 1. The molecule has 0 atom stereocenters. The van der Waals surface area contributed by atoms with E-state index in [9.17, 15) is 4.79 Å². The number of hydrogen-bond acceptors (Lipinski definition) is 5. The molecule has 0 radical (unpaired) electrons. The topological polar surface area (TPSA) is 77.2 Å². The fourth-order valence-electron chi connectivity index (χ4n) is 3.07. The van der Waals surface area contributed by atoms with Crippen molar-refractivity contribution in [2.75, 3.05) is 7.11 Å². The Labute approximate surface area is 185 Å². The number of para-hydroxylation sites is 1. The largest absolute Gasteiger partial charge is 0.496 e. The number of amides is 1. The molecule has 2 aromatic rings. The average Bonchev–Trinajstić information content (AvgIpc) is 3.55. The summed E-state index contributed by atoms with van der Waals surface area (Å²) in [6.07, 6.45) is 11.8. The minimum atomic E-state index is -0.256. The van der Waals surface area contributed by atoms with Crippen LogP contribution in [0.2, 0.25) is 0 Å². The van der Waals surface area contributed by atoms with Gasteiger partial charge in [-0.3, -0.25) is 4.79 Å². The van der Waals surface area contributed by atoms with Crippen molar-refractivity contribution in [2.45, 2.75) is 53.5 Å². The standard InChI is InChI=1S/C23H27N3O3.C2H6/c1-4-8-17(16-12-13-16)14-18(9-5-2)22-25-21(29-26-22)15-24-23(27)19-10-6-7-11-20(19)28-3;1-2/h5-11,14,16H,4,12-13,15H2,1-3H3,(H,24,27);1-2H3/b9-5-,17-8-,18-14+;. The Bertz CT molecular complexity index is 937. The molecule has 1 fully saturated rings. The Morgan fingerprint density at radius 1 is 1.29 bits per heavy atom. The second-order valence-corrected chi connectivity index (χ2v) is 6.88. The Morgan fingerprint density at radius 3 is 2.68 bits per heavy atom. The third kappa shape index (κ3) is 6.95. The number of benzene rings is 1. The molecule has 0 bridgehead atoms. The van der Waals surface area contributed by atoms with Gasteiger partial charge in [0.05, 0.1) is 19.2 Å². The maximum Gasteiger partial charge on any atom is 0.255 e. The third-order valence-electron chi connectivity index (χ3n) is 4.64. The summed E-state index contributed by atoms with van der Waals surface area (Å²) in [6.45, 7) is 8.25. The second kappa shape index (κ2) is 12.5. The quantitative estimate of drug-likeness (QED) is 0.520. The predicted octanol–water partition coefficient (Wildman–Crippen LogP) is 5.74. The first kappa shape index (κ1) is 24.1. The van der Waals surface area contributed by atoms with E-state index in [1.165, 1.54) is 25.5 Å². The molecule has 166 valence electrons. The molecule has 31 heavy (non-hydrogen) atoms. The Kier molecular flexibility index (Phi) is 9.75. The molecule has 0 unspecified atom stereocenters. The molecule has 1 aromatic carbocycles. The van der Waals surface area contributed by atoms with Gasteiger partial charge in [-0.25, -0.2) is 0 Å². The molecule has 0 aliphatic heterocycles. The van der Waals surface area contributed by atoms with Gasteiger partial charge in [0.25, 0.3) is 5.91 Å². The van der Waals surface area contributed by atoms with Crippen molar-refractivity contribution in [3.63, 3.8) is 0 Å². The van der Waals surface area contributed by atoms with Crippen molar-refractivity contribution in [3.05, 3.63) is 71.4 Å². The predicted molar refractivity (Wildman–Crippen MR) is 124 cm³/mol. The average molecular weight is 424 g/mol. The van der Waals surface area contributed by atoms with E-state index in [0.717, 1.165) is 12.0 Å². The van der Waals surface area contributed by atoms with Crippen LogP contribution in [0.4, 0.5) is 0 Å². The highest BCUT2D eigenvalue weighted by Gasteiger charge is 2.25. The minimum absolute atomic E-state index is 0.146. The number of rotatable bonds is 9. The van der Waals surface area contributed by atoms with E-state index in [1.807, 2.05) is 39.0 Å². The minimum Gasteiger partial charge on any atom is -0.496 e. The van der Waals surface area contributed by atoms with Gasteiger partial charge in [-0.1, -0.05) is 56.3 Å². The van der Waals surface area contributed by atoms with Crippen LogP contribution in [0.3, 0.4) is 0 Å². The van der Waals surface area contributed by atoms with Gasteiger partial charge in [0.1, 0.15) is 5.75 Å². The van der Waals surface area contributed by atoms with Crippen molar-refractivity contribution < 1.29 is 14.1 Å². The lowest BCUT2D eigenvalue weighted by molar-refractivity contribution is 0.0943. The number of carbonyl (C=O) groups excluding carboxylic acids is 1. The maximum atomic E-state index is 12.4. The number of allylic oxidation sites excluding steroid dienone is 6. The van der Waals surface area contributed by atoms with E-state index >= 15 is 0 Å². The van der Waals surface area contributed by atoms with E-state index in [1.54, 1.807) is 18.2 Å². The molecule has 1 aliphatic carbocycles. The van der Waals surface area contributed by atoms with Crippen molar-refractivity contribution in [3.8, 4) is 5.75 Å². The zero-order chi connectivity index (χ0) is 22.6. The monoisotopic (exact) mass is 423 g/mol. The molecule has 1 N–H and O–H groups in total. The van der Waals surface area contributed by atoms with Crippen LogP contribution in [0.25, 0.3) is 5.57 Å². The van der Waals surface area contributed by atoms with E-state index in [2.05, 4.69) is 34.5 Å². The van der Waals surface area contributed by atoms with Crippen molar-refractivity contribution in [2.24, 2.45) is 5.92 Å². The number of ether oxygens (including phenoxy) is 1. The normalized spacial score (nSPS) is 14.2. The van der Waals surface area contributed by atoms with E-state index in [-0.39, 0.29) is 12.5 Å². The molecule has 1 aromatic heterocycles. The third-order valence-corrected chi connectivity index (χ3v) is 4.64. The van der Waals surface area contributed by atoms with Gasteiger partial charge in [0.2, 0.25) is 11.7 Å². The van der Waals surface area contributed by atoms with E-state index in [4.69, 9.17) is 9.26 Å². The zero-order valence-electron chi connectivity index (χ0n) is 19.1. The molecule has 0 saturated heterocycles. The van der Waals surface area contributed by atoms with Crippen LogP contribution in [-0.4, -0.2) is 23.2 Å². The fourth-order valence-corrected chi connectivity index (χ4v) is 3.07. The summed E-state index contributed by atoms with van der Waals surface area (Å²) in [5.74, 6) is 1.78. The highest BCUT2D eigenvalue weighted by molar-refractivity contribution is 5.96. The summed E-state index contributed by atoms with van der Waals surface area (Å²) in [7, 11) is 1.54. The summed E-state index contributed by atoms with van der Waals surface area (Å²) in [5, 5.41) is 6.90. The summed E-state index contributed by atoms with van der Waals surface area (Å²) in [6, 6.07) is 7.06. The summed E-state index contributed by atoms with van der Waals surface area (Å²) < 4.78 is 10.6. The SMILES string of the molecule is CC.C\C=C/C(=C\C(=C\CC)C1CC1)c1noc(CNC(=O)c2ccccc2OC)n1. The van der Waals surface area contributed by atoms with Crippen LogP contribution >= 0.6 is 0 Å². The Balaban J connectivity index is 0.00000166. The van der Waals surface area contributed by atoms with Crippen LogP contribution in [-0.2, 0) is 6.54 Å². The Hall–Kier alpha value is -3.15. The first-order chi connectivity index (χ1) is 15.2. The first-order valence-corrected chi connectivity index (χ1v) is 10.9. The highest BCUT2D eigenvalue weighted by Crippen LogP contribution is 2.38. The summed E-state index contributed by atoms with van der Waals surface area (Å²) in [4.78, 5) is 16.9. The molecule has 1 heterocycles. The van der Waals surface area contributed by atoms with Gasteiger partial charge in [0.15, 0.2) is 0 Å². The lowest BCUT2D eigenvalue weighted by atomic mass is 10.1. The van der Waals surface area contributed by atoms with Gasteiger partial charge in [-0.2, -0.15) is 4.98 Å². The maximum absolute atomic E-state index is 12.4. The first-order valence-electron chi connectivity index (χ1n) is 10.9. The molecule has 6 heteroatoms. The smallest absolute Gasteiger partial charge is 0.255 e. The number of carbonyl (C=O) groups is 1. The van der Waals surface area contributed by atoms with Crippen LogP contribution in [0.1, 0.15) is 69.0 Å². The fraction of sp³-hybridized carbons (Fsp3) is 0.400. The number of hydrogen-bond donors (Lipinski definition) is 1. The highest BCUT2D eigenvalue weighted by atomic mass is 16.5. The lowest BCUT2D eigenvalue weighted by Crippen LogP contribution is -2.23. The van der Waals surface area contributed by atoms with Crippen molar-refractivity contribution >= 4 is 11.5 Å². The molecule has 1 aliphatic rings. The Morgan fingerprint density at radius 2 is 2.03 bits per heavy atom. The summed E-state index contributed by atoms with van der Waals surface area (Å²) in [5.41, 5.74) is 2.70. The number of aromatic nitrogens is 2. The van der Waals surface area contributed by atoms with Gasteiger partial charge in [-0.05, 0) is 55.9 Å². The molecule has 1 saturated carbocycles. The molecular formula is C25H33N3O3. The van der Waals surface area contributed by atoms with E-state index < -0.39 is 0 Å². The molecule has 3 rings (SSSR count). The van der Waals surface area contributed by atoms with Crippen molar-refractivity contribution in [1.29, 1.82) is 0 Å². The summed E-state index contributed by atoms with van der Waals surface area (Å²) >= 11 is 0. The van der Waals surface area contributed by atoms with Crippen LogP contribution in [0.15, 0.2) is 58.7 Å². The zero-order valence-corrected chi connectivity index (χ0v) is 19.1. The lowest BCUT2D eigenvalue weighted by Gasteiger charge is -2.07. The van der Waals surface area contributed by atoms with Crippen LogP contribution in [0, 0.1) is 5.92 Å². The molecule has 0 spiro atoms. The molecule has 6 nitrogen and oxygen atoms in total. The van der Waals surface area contributed by atoms with E-state index in [0.29, 0.717) is 28.9 Å². The molecule has 1 amide bonds. The van der Waals surface area contributed by atoms with Crippen LogP contribution in [0.5, 0.6) is 5.75 Å². The van der Waals surface area contributed by atoms with Crippen LogP contribution < -0.4 is 10.1 Å². The number of nitrogens with zero attached hydrogens (tertiary/aromatic N) is 2. The molecular weight excluding hydrogens is 390 g/mol. The second-order valence-electron chi connectivity index (χ2n) is 6.88.